The van der Waals surface area contributed by atoms with Crippen molar-refractivity contribution < 1.29 is 71.5 Å². The van der Waals surface area contributed by atoms with E-state index in [0.29, 0.717) is 0 Å². The molecule has 0 unspecified atom stereocenters. The van der Waals surface area contributed by atoms with Crippen LogP contribution in [-0.4, -0.2) is 50.8 Å². The maximum absolute atomic E-state index is 8.93. The summed E-state index contributed by atoms with van der Waals surface area (Å²) < 4.78 is 25.8. The molecule has 0 fully saturated rings. The molecular weight excluding hydrogens is 497 g/mol. The van der Waals surface area contributed by atoms with Crippen molar-refractivity contribution in [2.75, 3.05) is 0 Å². The fourth-order valence-electron chi connectivity index (χ4n) is 0. The number of carboxylic acid groups (broad SMARTS) is 6. The maximum atomic E-state index is 8.93. The zero-order valence-corrected chi connectivity index (χ0v) is 19.7. The summed E-state index contributed by atoms with van der Waals surface area (Å²) in [4.78, 5) is 53.6. The van der Waals surface area contributed by atoms with Crippen molar-refractivity contribution in [1.29, 1.82) is 0 Å². The summed E-state index contributed by atoms with van der Waals surface area (Å²) in [5, 5.41) is 53.6. The van der Waals surface area contributed by atoms with Crippen molar-refractivity contribution in [1.82, 2.24) is 49.2 Å². The molecule has 0 aromatic rings. The summed E-state index contributed by atoms with van der Waals surface area (Å²) in [6.45, 7) is 0. The standard InChI is InChI=1S/3C2H2O4.GeO3.8H3N/c3*3-1(4)2(5)6;2-1(3)4;;;;;;;;/h3*(H,3,4)(H,5,6);;8*1H3/q;;;-2;;;;;;;;/p+2. The Hall–Kier alpha value is -3.56. The molecule has 0 rings (SSSR count). The van der Waals surface area contributed by atoms with E-state index in [-0.39, 0.29) is 49.2 Å². The second-order valence-corrected chi connectivity index (χ2v) is 3.02. The summed E-state index contributed by atoms with van der Waals surface area (Å²) in [6, 6.07) is 0. The quantitative estimate of drug-likeness (QED) is 0.107. The van der Waals surface area contributed by atoms with E-state index in [4.69, 9.17) is 71.5 Å². The summed E-state index contributed by atoms with van der Waals surface area (Å²) in [5.74, 6) is -13.1. The molecule has 0 atom stereocenters. The van der Waals surface area contributed by atoms with Crippen LogP contribution >= 0.6 is 0 Å². The van der Waals surface area contributed by atoms with Crippen LogP contribution in [0.5, 0.6) is 0 Å². The van der Waals surface area contributed by atoms with Crippen LogP contribution in [0.4, 0.5) is 0 Å². The molecular formula is C6H32GeN8O15. The first-order valence-electron chi connectivity index (χ1n) is 3.81. The third-order valence-electron chi connectivity index (χ3n) is 0.500. The Morgan fingerprint density at radius 1 is 0.367 bits per heavy atom. The molecule has 0 heterocycles. The molecule has 23 nitrogen and oxygen atoms in total. The molecule has 0 aliphatic carbocycles. The van der Waals surface area contributed by atoms with Gasteiger partial charge >= 0.3 is 27.0 Å². The molecule has 0 amide bonds. The van der Waals surface area contributed by atoms with Crippen molar-refractivity contribution in [3.63, 3.8) is 0 Å². The minimum atomic E-state index is -4.08. The molecule has 0 spiro atoms. The molecule has 0 aromatic heterocycles. The Kier molecular flexibility index (Phi) is 137. The van der Waals surface area contributed by atoms with Crippen molar-refractivity contribution >= 4 is 50.8 Å². The summed E-state index contributed by atoms with van der Waals surface area (Å²) in [6.07, 6.45) is 0. The van der Waals surface area contributed by atoms with Gasteiger partial charge in [-0.1, -0.05) is 0 Å². The Bertz CT molecular complexity index is 377. The third kappa shape index (κ3) is 188. The number of carboxylic acids is 6. The predicted molar refractivity (Wildman–Crippen MR) is 84.4 cm³/mol. The van der Waals surface area contributed by atoms with Gasteiger partial charge in [-0.15, -0.1) is 0 Å². The first kappa shape index (κ1) is 82.1. The third-order valence-corrected chi connectivity index (χ3v) is 0.500. The molecule has 0 aliphatic rings. The minimum absolute atomic E-state index is 0. The van der Waals surface area contributed by atoms with Gasteiger partial charge < -0.3 is 109 Å². The summed E-state index contributed by atoms with van der Waals surface area (Å²) in [7, 11) is 0. The number of carbonyl (C=O) groups excluding carboxylic acids is 6. The van der Waals surface area contributed by atoms with E-state index in [2.05, 4.69) is 0 Å². The van der Waals surface area contributed by atoms with E-state index in [1.165, 1.54) is 0 Å². The second kappa shape index (κ2) is 50.0. The number of carbonyl (C=O) groups is 6. The Morgan fingerprint density at radius 2 is 0.400 bits per heavy atom. The monoisotopic (exact) mass is 530 g/mol. The number of hydrogen-bond donors (Lipinski definition) is 8. The predicted octanol–water partition coefficient (Wildman–Crippen LogP) is -10.4. The summed E-state index contributed by atoms with van der Waals surface area (Å²) in [5.41, 5.74) is 0. The normalized spacial score (nSPS) is 5.20. The van der Waals surface area contributed by atoms with E-state index >= 15 is 0 Å². The topological polar surface area (TPSA) is 596 Å². The summed E-state index contributed by atoms with van der Waals surface area (Å²) >= 11 is -4.08. The van der Waals surface area contributed by atoms with Gasteiger partial charge in [0.25, 0.3) is 0 Å². The molecule has 0 bridgehead atoms. The van der Waals surface area contributed by atoms with Crippen LogP contribution in [0.15, 0.2) is 0 Å². The SMILES string of the molecule is O=C([O-])C(=O)[O-].O=C([O-])C(=O)[O-].O=C([O-])C(=O)[O-].[NH4+].[NH4+].[NH4+].[NH4+].[NH4+].[NH4+].[NH4+].[NH4+].[O]=[Ge]([O-])[O-]. The Balaban J connectivity index is -0.0000000133. The zero-order chi connectivity index (χ0) is 19.0. The van der Waals surface area contributed by atoms with Crippen LogP contribution in [0.25, 0.3) is 0 Å². The van der Waals surface area contributed by atoms with Gasteiger partial charge in [-0.3, -0.25) is 0 Å². The first-order valence-corrected chi connectivity index (χ1v) is 6.38. The van der Waals surface area contributed by atoms with Crippen LogP contribution in [0.1, 0.15) is 0 Å². The molecule has 0 saturated heterocycles. The molecule has 0 aliphatic heterocycles. The molecule has 190 valence electrons. The van der Waals surface area contributed by atoms with Crippen LogP contribution in [0.3, 0.4) is 0 Å². The molecule has 30 heavy (non-hydrogen) atoms. The Morgan fingerprint density at radius 3 is 0.400 bits per heavy atom. The van der Waals surface area contributed by atoms with E-state index in [0.717, 1.165) is 0 Å². The molecule has 0 aromatic carbocycles. The Labute approximate surface area is 172 Å². The molecule has 32 N–H and O–H groups in total. The van der Waals surface area contributed by atoms with Gasteiger partial charge in [0.1, 0.15) is 0 Å². The van der Waals surface area contributed by atoms with Crippen molar-refractivity contribution in [3.8, 4) is 0 Å². The van der Waals surface area contributed by atoms with Gasteiger partial charge in [0.05, 0.1) is 35.8 Å². The van der Waals surface area contributed by atoms with Crippen molar-refractivity contribution in [2.45, 2.75) is 0 Å². The number of hydrogen-bond acceptors (Lipinski definition) is 15. The van der Waals surface area contributed by atoms with Crippen LogP contribution in [-0.2, 0) is 32.5 Å². The number of rotatable bonds is 0. The fourth-order valence-corrected chi connectivity index (χ4v) is 0. The molecule has 0 saturated carbocycles. The van der Waals surface area contributed by atoms with Crippen LogP contribution in [0.2, 0.25) is 0 Å². The van der Waals surface area contributed by atoms with E-state index in [9.17, 15) is 0 Å². The van der Waals surface area contributed by atoms with Crippen LogP contribution in [0, 0.1) is 0 Å². The fraction of sp³-hybridized carbons (Fsp3) is 0. The van der Waals surface area contributed by atoms with Gasteiger partial charge in [-0.25, -0.2) is 0 Å². The molecule has 24 heteroatoms. The van der Waals surface area contributed by atoms with Gasteiger partial charge in [0.2, 0.25) is 0 Å². The first-order chi connectivity index (χ1) is 9.66. The molecule has 0 radical (unpaired) electrons. The van der Waals surface area contributed by atoms with Gasteiger partial charge in [0, 0.05) is 0 Å². The van der Waals surface area contributed by atoms with Gasteiger partial charge in [-0.2, -0.15) is 0 Å². The van der Waals surface area contributed by atoms with E-state index < -0.39 is 50.8 Å². The number of quaternary nitrogens is 8. The van der Waals surface area contributed by atoms with E-state index in [1.54, 1.807) is 0 Å². The van der Waals surface area contributed by atoms with E-state index in [1.807, 2.05) is 0 Å². The second-order valence-electron chi connectivity index (χ2n) is 1.97. The van der Waals surface area contributed by atoms with Crippen molar-refractivity contribution in [2.24, 2.45) is 0 Å². The van der Waals surface area contributed by atoms with Gasteiger partial charge in [0.15, 0.2) is 0 Å². The average molecular weight is 529 g/mol. The van der Waals surface area contributed by atoms with Gasteiger partial charge in [-0.05, 0) is 0 Å². The van der Waals surface area contributed by atoms with Crippen molar-refractivity contribution in [3.05, 3.63) is 0 Å². The van der Waals surface area contributed by atoms with Crippen LogP contribution < -0.4 is 88.1 Å². The zero-order valence-electron chi connectivity index (χ0n) is 17.6. The average Bonchev–Trinajstić information content (AvgIpc) is 2.29. The number of aliphatic carboxylic acids is 6.